The number of rotatable bonds is 7. The molecule has 1 atom stereocenters. The van der Waals surface area contributed by atoms with E-state index in [0.29, 0.717) is 12.6 Å². The van der Waals surface area contributed by atoms with E-state index < -0.39 is 0 Å². The van der Waals surface area contributed by atoms with Crippen LogP contribution in [0.15, 0.2) is 30.9 Å². The van der Waals surface area contributed by atoms with Crippen molar-refractivity contribution in [2.75, 3.05) is 13.2 Å². The van der Waals surface area contributed by atoms with E-state index in [-0.39, 0.29) is 0 Å². The van der Waals surface area contributed by atoms with Crippen LogP contribution in [0.1, 0.15) is 37.4 Å². The lowest BCUT2D eigenvalue weighted by Gasteiger charge is -2.18. The van der Waals surface area contributed by atoms with E-state index in [4.69, 9.17) is 4.74 Å². The molecule has 0 aliphatic heterocycles. The Hall–Kier alpha value is -1.28. The Balaban J connectivity index is 2.84. The predicted octanol–water partition coefficient (Wildman–Crippen LogP) is 3.62. The average Bonchev–Trinajstić information content (AvgIpc) is 2.33. The van der Waals surface area contributed by atoms with Crippen LogP contribution in [0.4, 0.5) is 0 Å². The van der Waals surface area contributed by atoms with Crippen molar-refractivity contribution in [1.29, 1.82) is 0 Å². The number of hydrogen-bond donors (Lipinski definition) is 1. The van der Waals surface area contributed by atoms with Crippen molar-refractivity contribution in [1.82, 2.24) is 5.32 Å². The summed E-state index contributed by atoms with van der Waals surface area (Å²) in [5, 5.41) is 3.48. The van der Waals surface area contributed by atoms with Gasteiger partial charge in [0.25, 0.3) is 0 Å². The summed E-state index contributed by atoms with van der Waals surface area (Å²) in [6.07, 6.45) is 2.91. The van der Waals surface area contributed by atoms with Crippen molar-refractivity contribution in [3.63, 3.8) is 0 Å². The van der Waals surface area contributed by atoms with Gasteiger partial charge in [0.1, 0.15) is 12.4 Å². The molecule has 1 aromatic rings. The third kappa shape index (κ3) is 4.23. The monoisotopic (exact) mass is 233 g/mol. The van der Waals surface area contributed by atoms with Crippen molar-refractivity contribution < 1.29 is 4.74 Å². The molecule has 0 bridgehead atoms. The molecule has 2 heteroatoms. The summed E-state index contributed by atoms with van der Waals surface area (Å²) in [5.74, 6) is 0.959. The maximum Gasteiger partial charge on any atom is 0.124 e. The molecule has 0 saturated carbocycles. The van der Waals surface area contributed by atoms with Gasteiger partial charge in [-0.1, -0.05) is 31.7 Å². The van der Waals surface area contributed by atoms with Crippen LogP contribution in [0.5, 0.6) is 5.75 Å². The van der Waals surface area contributed by atoms with Crippen molar-refractivity contribution >= 4 is 0 Å². The van der Waals surface area contributed by atoms with Gasteiger partial charge in [0.05, 0.1) is 0 Å². The molecule has 1 rings (SSSR count). The predicted molar refractivity (Wildman–Crippen MR) is 73.6 cm³/mol. The molecule has 17 heavy (non-hydrogen) atoms. The second kappa shape index (κ2) is 7.13. The van der Waals surface area contributed by atoms with Crippen LogP contribution in [0.2, 0.25) is 0 Å². The number of hydrogen-bond acceptors (Lipinski definition) is 2. The second-order valence-electron chi connectivity index (χ2n) is 4.32. The molecule has 1 aromatic carbocycles. The van der Waals surface area contributed by atoms with E-state index in [1.165, 1.54) is 11.1 Å². The van der Waals surface area contributed by atoms with Gasteiger partial charge in [-0.25, -0.2) is 0 Å². The fourth-order valence-electron chi connectivity index (χ4n) is 1.74. The van der Waals surface area contributed by atoms with Crippen LogP contribution < -0.4 is 10.1 Å². The van der Waals surface area contributed by atoms with E-state index >= 15 is 0 Å². The van der Waals surface area contributed by atoms with Gasteiger partial charge in [-0.05, 0) is 38.4 Å². The second-order valence-corrected chi connectivity index (χ2v) is 4.32. The fourth-order valence-corrected chi connectivity index (χ4v) is 1.74. The van der Waals surface area contributed by atoms with Gasteiger partial charge < -0.3 is 10.1 Å². The molecular weight excluding hydrogens is 210 g/mol. The molecule has 0 heterocycles. The summed E-state index contributed by atoms with van der Waals surface area (Å²) in [5.41, 5.74) is 2.43. The van der Waals surface area contributed by atoms with E-state index in [1.807, 2.05) is 0 Å². The van der Waals surface area contributed by atoms with Gasteiger partial charge in [0.15, 0.2) is 0 Å². The SMILES string of the molecule is C=CCOc1cc(C)ccc1C(C)NCCC. The van der Waals surface area contributed by atoms with Gasteiger partial charge >= 0.3 is 0 Å². The van der Waals surface area contributed by atoms with Gasteiger partial charge in [-0.15, -0.1) is 0 Å². The minimum atomic E-state index is 0.315. The molecule has 0 radical (unpaired) electrons. The van der Waals surface area contributed by atoms with Crippen molar-refractivity contribution in [2.24, 2.45) is 0 Å². The van der Waals surface area contributed by atoms with E-state index in [0.717, 1.165) is 18.7 Å². The maximum absolute atomic E-state index is 5.71. The van der Waals surface area contributed by atoms with Gasteiger partial charge in [-0.2, -0.15) is 0 Å². The number of nitrogens with one attached hydrogen (secondary N) is 1. The quantitative estimate of drug-likeness (QED) is 0.726. The highest BCUT2D eigenvalue weighted by molar-refractivity contribution is 5.39. The fraction of sp³-hybridized carbons (Fsp3) is 0.467. The van der Waals surface area contributed by atoms with Gasteiger partial charge in [0, 0.05) is 11.6 Å². The first-order valence-corrected chi connectivity index (χ1v) is 6.26. The van der Waals surface area contributed by atoms with Gasteiger partial charge in [0.2, 0.25) is 0 Å². The van der Waals surface area contributed by atoms with E-state index in [9.17, 15) is 0 Å². The molecule has 0 aliphatic carbocycles. The molecule has 0 aromatic heterocycles. The van der Waals surface area contributed by atoms with E-state index in [2.05, 4.69) is 50.9 Å². The zero-order valence-electron chi connectivity index (χ0n) is 11.1. The van der Waals surface area contributed by atoms with Crippen molar-refractivity contribution in [3.8, 4) is 5.75 Å². The molecule has 0 spiro atoms. The molecule has 1 unspecified atom stereocenters. The number of aryl methyl sites for hydroxylation is 1. The Labute approximate surface area is 105 Å². The number of benzene rings is 1. The summed E-state index contributed by atoms with van der Waals surface area (Å²) < 4.78 is 5.71. The van der Waals surface area contributed by atoms with Crippen LogP contribution >= 0.6 is 0 Å². The Morgan fingerprint density at radius 2 is 2.24 bits per heavy atom. The zero-order chi connectivity index (χ0) is 12.7. The lowest BCUT2D eigenvalue weighted by molar-refractivity contribution is 0.354. The van der Waals surface area contributed by atoms with E-state index in [1.54, 1.807) is 6.08 Å². The van der Waals surface area contributed by atoms with Crippen LogP contribution in [-0.4, -0.2) is 13.2 Å². The first kappa shape index (κ1) is 13.8. The highest BCUT2D eigenvalue weighted by atomic mass is 16.5. The summed E-state index contributed by atoms with van der Waals surface area (Å²) in [7, 11) is 0. The third-order valence-electron chi connectivity index (χ3n) is 2.69. The molecule has 94 valence electrons. The Kier molecular flexibility index (Phi) is 5.78. The Morgan fingerprint density at radius 1 is 1.47 bits per heavy atom. The standard InChI is InChI=1S/C15H23NO/c1-5-9-16-13(4)14-8-7-12(3)11-15(14)17-10-6-2/h6-8,11,13,16H,2,5,9-10H2,1,3-4H3. The molecule has 0 aliphatic rings. The van der Waals surface area contributed by atoms with Crippen LogP contribution in [-0.2, 0) is 0 Å². The largest absolute Gasteiger partial charge is 0.489 e. The smallest absolute Gasteiger partial charge is 0.124 e. The zero-order valence-corrected chi connectivity index (χ0v) is 11.1. The normalized spacial score (nSPS) is 12.2. The summed E-state index contributed by atoms with van der Waals surface area (Å²) in [4.78, 5) is 0. The Morgan fingerprint density at radius 3 is 2.88 bits per heavy atom. The van der Waals surface area contributed by atoms with Crippen LogP contribution in [0.25, 0.3) is 0 Å². The highest BCUT2D eigenvalue weighted by Crippen LogP contribution is 2.26. The first-order chi connectivity index (χ1) is 8.19. The lowest BCUT2D eigenvalue weighted by Crippen LogP contribution is -2.20. The minimum absolute atomic E-state index is 0.315. The minimum Gasteiger partial charge on any atom is -0.489 e. The average molecular weight is 233 g/mol. The molecule has 0 fully saturated rings. The molecule has 0 saturated heterocycles. The maximum atomic E-state index is 5.71. The molecule has 0 amide bonds. The Bertz CT molecular complexity index is 360. The van der Waals surface area contributed by atoms with Crippen molar-refractivity contribution in [3.05, 3.63) is 42.0 Å². The summed E-state index contributed by atoms with van der Waals surface area (Å²) in [6.45, 7) is 11.7. The highest BCUT2D eigenvalue weighted by Gasteiger charge is 2.10. The van der Waals surface area contributed by atoms with Crippen molar-refractivity contribution in [2.45, 2.75) is 33.2 Å². The third-order valence-corrected chi connectivity index (χ3v) is 2.69. The van der Waals surface area contributed by atoms with Crippen LogP contribution in [0.3, 0.4) is 0 Å². The summed E-state index contributed by atoms with van der Waals surface area (Å²) in [6, 6.07) is 6.67. The van der Waals surface area contributed by atoms with Gasteiger partial charge in [-0.3, -0.25) is 0 Å². The number of ether oxygens (including phenoxy) is 1. The molecule has 2 nitrogen and oxygen atoms in total. The lowest BCUT2D eigenvalue weighted by atomic mass is 10.0. The molecule has 1 N–H and O–H groups in total. The molecular formula is C15H23NO. The summed E-state index contributed by atoms with van der Waals surface area (Å²) >= 11 is 0. The first-order valence-electron chi connectivity index (χ1n) is 6.26. The van der Waals surface area contributed by atoms with Crippen LogP contribution in [0, 0.1) is 6.92 Å². The topological polar surface area (TPSA) is 21.3 Å².